The molecule has 0 aromatic rings. The van der Waals surface area contributed by atoms with Crippen molar-refractivity contribution in [2.75, 3.05) is 41.0 Å². The number of carboxylic acids is 1. The number of aliphatic hydroxyl groups excluding tert-OH is 1. The van der Waals surface area contributed by atoms with Gasteiger partial charge in [0.25, 0.3) is 0 Å². The Hall–Kier alpha value is -2.22. The highest BCUT2D eigenvalue weighted by Crippen LogP contribution is 2.10. The highest BCUT2D eigenvalue weighted by atomic mass is 16.5. The highest BCUT2D eigenvalue weighted by Gasteiger charge is 2.24. The van der Waals surface area contributed by atoms with Gasteiger partial charge in [0.05, 0.1) is 40.3 Å². The van der Waals surface area contributed by atoms with Gasteiger partial charge in [0, 0.05) is 12.8 Å². The fourth-order valence-corrected chi connectivity index (χ4v) is 3.88. The van der Waals surface area contributed by atoms with E-state index in [0.29, 0.717) is 6.42 Å². The van der Waals surface area contributed by atoms with Crippen molar-refractivity contribution in [3.05, 3.63) is 48.6 Å². The number of carbonyl (C=O) groups is 2. The van der Waals surface area contributed by atoms with Gasteiger partial charge in [0.1, 0.15) is 18.8 Å². The number of carboxylic acid groups (broad SMARTS) is 1. The Morgan fingerprint density at radius 1 is 0.795 bits per heavy atom. The van der Waals surface area contributed by atoms with E-state index in [0.717, 1.165) is 51.4 Å². The molecule has 0 aliphatic heterocycles. The molecule has 0 amide bonds. The molecule has 7 nitrogen and oxygen atoms in total. The Labute approximate surface area is 237 Å². The van der Waals surface area contributed by atoms with Gasteiger partial charge in [-0.3, -0.25) is 4.79 Å². The Kier molecular flexibility index (Phi) is 23.4. The van der Waals surface area contributed by atoms with Gasteiger partial charge in [-0.15, -0.1) is 0 Å². The number of aliphatic carboxylic acids is 1. The third-order valence-corrected chi connectivity index (χ3v) is 6.21. The molecule has 0 saturated carbocycles. The SMILES string of the molecule is CC/C=C/C/C=C/C/C=C/C/C=C/CCCCCCCCC(=O)OCC(O)COCCC(C(=O)[O-])[N+](C)(C)C. The van der Waals surface area contributed by atoms with E-state index in [4.69, 9.17) is 9.47 Å². The summed E-state index contributed by atoms with van der Waals surface area (Å²) in [7, 11) is 5.34. The van der Waals surface area contributed by atoms with Crippen LogP contribution in [0, 0.1) is 0 Å². The summed E-state index contributed by atoms with van der Waals surface area (Å²) < 4.78 is 10.7. The standard InChI is InChI=1S/C32H55NO6/c1-5-6-7-8-9-10-11-12-13-14-15-16-17-18-19-20-21-22-23-24-31(35)39-28-29(34)27-38-26-25-30(32(36)37)33(2,3)4/h6-7,9-10,12-13,15-16,29-30,34H,5,8,11,14,17-28H2,1-4H3/b7-6+,10-9+,13-12+,16-15+. The Morgan fingerprint density at radius 2 is 1.33 bits per heavy atom. The van der Waals surface area contributed by atoms with Gasteiger partial charge in [-0.05, 0) is 44.9 Å². The van der Waals surface area contributed by atoms with Crippen molar-refractivity contribution in [1.29, 1.82) is 0 Å². The molecule has 0 rings (SSSR count). The van der Waals surface area contributed by atoms with Crippen molar-refractivity contribution in [1.82, 2.24) is 0 Å². The third-order valence-electron chi connectivity index (χ3n) is 6.21. The number of likely N-dealkylation sites (N-methyl/N-ethyl adjacent to an activating group) is 1. The minimum Gasteiger partial charge on any atom is -0.544 e. The summed E-state index contributed by atoms with van der Waals surface area (Å²) in [6.07, 6.45) is 29.1. The van der Waals surface area contributed by atoms with Crippen molar-refractivity contribution in [2.45, 2.75) is 103 Å². The summed E-state index contributed by atoms with van der Waals surface area (Å²) in [4.78, 5) is 23.1. The maximum atomic E-state index is 11.9. The second-order valence-corrected chi connectivity index (χ2v) is 10.8. The molecular formula is C32H55NO6. The van der Waals surface area contributed by atoms with E-state index < -0.39 is 18.1 Å². The zero-order chi connectivity index (χ0) is 29.2. The fraction of sp³-hybridized carbons (Fsp3) is 0.688. The zero-order valence-electron chi connectivity index (χ0n) is 25.0. The predicted octanol–water partition coefficient (Wildman–Crippen LogP) is 5.05. The van der Waals surface area contributed by atoms with Crippen LogP contribution in [0.15, 0.2) is 48.6 Å². The van der Waals surface area contributed by atoms with Crippen LogP contribution in [0.4, 0.5) is 0 Å². The summed E-state index contributed by atoms with van der Waals surface area (Å²) in [5.74, 6) is -1.43. The summed E-state index contributed by atoms with van der Waals surface area (Å²) in [5, 5.41) is 21.1. The number of allylic oxidation sites excluding steroid dienone is 8. The van der Waals surface area contributed by atoms with E-state index in [1.807, 2.05) is 0 Å². The molecule has 0 aromatic heterocycles. The molecule has 0 heterocycles. The van der Waals surface area contributed by atoms with Crippen LogP contribution in [0.2, 0.25) is 0 Å². The number of quaternary nitrogens is 1. The molecule has 0 spiro atoms. The van der Waals surface area contributed by atoms with Crippen LogP contribution in [0.5, 0.6) is 0 Å². The van der Waals surface area contributed by atoms with Gasteiger partial charge in [0.15, 0.2) is 0 Å². The highest BCUT2D eigenvalue weighted by molar-refractivity contribution is 5.69. The number of nitrogens with zero attached hydrogens (tertiary/aromatic N) is 1. The minimum absolute atomic E-state index is 0.00883. The van der Waals surface area contributed by atoms with E-state index in [9.17, 15) is 19.8 Å². The lowest BCUT2D eigenvalue weighted by molar-refractivity contribution is -0.889. The van der Waals surface area contributed by atoms with Crippen molar-refractivity contribution in [3.63, 3.8) is 0 Å². The first kappa shape index (κ1) is 36.8. The van der Waals surface area contributed by atoms with Crippen molar-refractivity contribution >= 4 is 11.9 Å². The lowest BCUT2D eigenvalue weighted by Crippen LogP contribution is -2.55. The molecule has 2 atom stereocenters. The van der Waals surface area contributed by atoms with E-state index in [2.05, 4.69) is 55.5 Å². The lowest BCUT2D eigenvalue weighted by atomic mass is 10.1. The number of rotatable bonds is 25. The zero-order valence-corrected chi connectivity index (χ0v) is 25.0. The van der Waals surface area contributed by atoms with Crippen LogP contribution in [-0.4, -0.2) is 74.6 Å². The molecule has 0 aromatic carbocycles. The van der Waals surface area contributed by atoms with Gasteiger partial charge in [0.2, 0.25) is 0 Å². The molecule has 224 valence electrons. The molecule has 0 aliphatic rings. The maximum Gasteiger partial charge on any atom is 0.305 e. The van der Waals surface area contributed by atoms with Gasteiger partial charge < -0.3 is 29.0 Å². The number of hydrogen-bond acceptors (Lipinski definition) is 6. The number of ether oxygens (including phenoxy) is 2. The van der Waals surface area contributed by atoms with Crippen molar-refractivity contribution < 1.29 is 33.8 Å². The van der Waals surface area contributed by atoms with Crippen LogP contribution in [0.25, 0.3) is 0 Å². The molecule has 2 unspecified atom stereocenters. The van der Waals surface area contributed by atoms with Crippen LogP contribution in [-0.2, 0) is 19.1 Å². The van der Waals surface area contributed by atoms with Crippen molar-refractivity contribution in [2.24, 2.45) is 0 Å². The monoisotopic (exact) mass is 549 g/mol. The molecule has 7 heteroatoms. The maximum absolute atomic E-state index is 11.9. The second-order valence-electron chi connectivity index (χ2n) is 10.8. The van der Waals surface area contributed by atoms with Gasteiger partial charge in [-0.2, -0.15) is 0 Å². The van der Waals surface area contributed by atoms with Crippen molar-refractivity contribution in [3.8, 4) is 0 Å². The molecule has 0 aliphatic carbocycles. The summed E-state index contributed by atoms with van der Waals surface area (Å²) in [5.41, 5.74) is 0. The van der Waals surface area contributed by atoms with Crippen LogP contribution in [0.1, 0.15) is 90.4 Å². The first-order chi connectivity index (χ1) is 18.7. The predicted molar refractivity (Wildman–Crippen MR) is 157 cm³/mol. The van der Waals surface area contributed by atoms with E-state index >= 15 is 0 Å². The Balaban J connectivity index is 3.60. The molecule has 0 fully saturated rings. The Morgan fingerprint density at radius 3 is 1.90 bits per heavy atom. The topological polar surface area (TPSA) is 95.9 Å². The number of carbonyl (C=O) groups excluding carboxylic acids is 2. The summed E-state index contributed by atoms with van der Waals surface area (Å²) >= 11 is 0. The van der Waals surface area contributed by atoms with Gasteiger partial charge >= 0.3 is 5.97 Å². The van der Waals surface area contributed by atoms with E-state index in [-0.39, 0.29) is 36.7 Å². The number of esters is 1. The quantitative estimate of drug-likeness (QED) is 0.0741. The minimum atomic E-state index is -1.12. The van der Waals surface area contributed by atoms with E-state index in [1.165, 1.54) is 19.3 Å². The molecule has 1 N–H and O–H groups in total. The van der Waals surface area contributed by atoms with Crippen LogP contribution < -0.4 is 5.11 Å². The van der Waals surface area contributed by atoms with E-state index in [1.54, 1.807) is 21.1 Å². The number of unbranched alkanes of at least 4 members (excludes halogenated alkanes) is 6. The molecular weight excluding hydrogens is 494 g/mol. The smallest absolute Gasteiger partial charge is 0.305 e. The normalized spacial score (nSPS) is 14.2. The summed E-state index contributed by atoms with van der Waals surface area (Å²) in [6.45, 7) is 2.21. The average Bonchev–Trinajstić information content (AvgIpc) is 2.87. The Bertz CT molecular complexity index is 735. The first-order valence-corrected chi connectivity index (χ1v) is 14.7. The van der Waals surface area contributed by atoms with Crippen LogP contribution >= 0.6 is 0 Å². The van der Waals surface area contributed by atoms with Gasteiger partial charge in [-0.25, -0.2) is 0 Å². The lowest BCUT2D eigenvalue weighted by Gasteiger charge is -2.34. The molecule has 0 bridgehead atoms. The molecule has 39 heavy (non-hydrogen) atoms. The largest absolute Gasteiger partial charge is 0.544 e. The fourth-order valence-electron chi connectivity index (χ4n) is 3.88. The van der Waals surface area contributed by atoms with Crippen LogP contribution in [0.3, 0.4) is 0 Å². The number of aliphatic hydroxyl groups is 1. The average molecular weight is 550 g/mol. The third kappa shape index (κ3) is 24.6. The van der Waals surface area contributed by atoms with Gasteiger partial charge in [-0.1, -0.05) is 81.2 Å². The summed E-state index contributed by atoms with van der Waals surface area (Å²) in [6, 6.07) is -0.689. The molecule has 0 saturated heterocycles. The first-order valence-electron chi connectivity index (χ1n) is 14.7. The number of hydrogen-bond donors (Lipinski definition) is 1. The molecule has 0 radical (unpaired) electrons. The second kappa shape index (κ2) is 24.8.